The van der Waals surface area contributed by atoms with Crippen LogP contribution >= 0.6 is 11.8 Å². The van der Waals surface area contributed by atoms with Crippen molar-refractivity contribution in [2.45, 2.75) is 11.4 Å². The summed E-state index contributed by atoms with van der Waals surface area (Å²) in [6, 6.07) is 11.2. The van der Waals surface area contributed by atoms with Crippen LogP contribution in [0, 0.1) is 0 Å². The molecule has 0 aliphatic rings. The van der Waals surface area contributed by atoms with Crippen LogP contribution in [0.4, 0.5) is 18.9 Å². The molecular weight excluding hydrogens is 395 g/mol. The molecule has 146 valence electrons. The van der Waals surface area contributed by atoms with Crippen molar-refractivity contribution in [2.24, 2.45) is 0 Å². The van der Waals surface area contributed by atoms with Crippen LogP contribution in [-0.2, 0) is 11.0 Å². The number of nitrogens with one attached hydrogen (secondary N) is 1. The van der Waals surface area contributed by atoms with Crippen LogP contribution in [0.15, 0.2) is 58.2 Å². The third kappa shape index (κ3) is 5.03. The molecule has 1 N–H and O–H groups in total. The molecule has 0 unspecified atom stereocenters. The highest BCUT2D eigenvalue weighted by atomic mass is 32.2. The van der Waals surface area contributed by atoms with E-state index < -0.39 is 17.6 Å². The SMILES string of the molecule is COc1ccc(-c2nnc(SCC(=O)Nc3ccc(C(F)(F)F)cc3)o2)cc1. The fourth-order valence-corrected chi connectivity index (χ4v) is 2.75. The molecule has 3 rings (SSSR count). The van der Waals surface area contributed by atoms with Gasteiger partial charge in [-0.05, 0) is 48.5 Å². The molecule has 0 saturated heterocycles. The summed E-state index contributed by atoms with van der Waals surface area (Å²) in [7, 11) is 1.56. The first kappa shape index (κ1) is 19.7. The molecule has 0 saturated carbocycles. The summed E-state index contributed by atoms with van der Waals surface area (Å²) in [5.41, 5.74) is 0.189. The number of halogens is 3. The van der Waals surface area contributed by atoms with Crippen molar-refractivity contribution in [2.75, 3.05) is 18.2 Å². The van der Waals surface area contributed by atoms with E-state index in [-0.39, 0.29) is 16.7 Å². The number of anilines is 1. The van der Waals surface area contributed by atoms with Gasteiger partial charge in [0.2, 0.25) is 11.8 Å². The molecule has 0 atom stereocenters. The number of amides is 1. The predicted molar refractivity (Wildman–Crippen MR) is 97.1 cm³/mol. The number of hydrogen-bond acceptors (Lipinski definition) is 6. The second-order valence-corrected chi connectivity index (χ2v) is 6.44. The van der Waals surface area contributed by atoms with Crippen LogP contribution in [0.1, 0.15) is 5.56 Å². The van der Waals surface area contributed by atoms with Crippen LogP contribution in [-0.4, -0.2) is 29.0 Å². The lowest BCUT2D eigenvalue weighted by molar-refractivity contribution is -0.137. The number of nitrogens with zero attached hydrogens (tertiary/aromatic N) is 2. The van der Waals surface area contributed by atoms with Gasteiger partial charge >= 0.3 is 6.18 Å². The number of aromatic nitrogens is 2. The molecule has 0 bridgehead atoms. The summed E-state index contributed by atoms with van der Waals surface area (Å²) in [5.74, 6) is 0.547. The lowest BCUT2D eigenvalue weighted by atomic mass is 10.2. The largest absolute Gasteiger partial charge is 0.497 e. The maximum absolute atomic E-state index is 12.5. The van der Waals surface area contributed by atoms with Gasteiger partial charge in [0.15, 0.2) is 0 Å². The molecule has 6 nitrogen and oxygen atoms in total. The van der Waals surface area contributed by atoms with E-state index in [0.717, 1.165) is 23.9 Å². The Morgan fingerprint density at radius 1 is 1.11 bits per heavy atom. The molecule has 1 amide bonds. The molecule has 3 aromatic rings. The zero-order valence-corrected chi connectivity index (χ0v) is 15.3. The lowest BCUT2D eigenvalue weighted by Gasteiger charge is -2.08. The molecule has 0 radical (unpaired) electrons. The van der Waals surface area contributed by atoms with Crippen molar-refractivity contribution in [1.29, 1.82) is 0 Å². The van der Waals surface area contributed by atoms with Crippen molar-refractivity contribution in [3.05, 3.63) is 54.1 Å². The maximum atomic E-state index is 12.5. The zero-order valence-electron chi connectivity index (χ0n) is 14.5. The quantitative estimate of drug-likeness (QED) is 0.605. The molecule has 0 fully saturated rings. The number of hydrogen-bond donors (Lipinski definition) is 1. The van der Waals surface area contributed by atoms with Gasteiger partial charge in [-0.1, -0.05) is 11.8 Å². The van der Waals surface area contributed by atoms with Crippen molar-refractivity contribution < 1.29 is 27.1 Å². The summed E-state index contributed by atoms with van der Waals surface area (Å²) in [6.07, 6.45) is -4.42. The minimum Gasteiger partial charge on any atom is -0.497 e. The summed E-state index contributed by atoms with van der Waals surface area (Å²) in [4.78, 5) is 12.0. The Kier molecular flexibility index (Phi) is 5.88. The number of alkyl halides is 3. The van der Waals surface area contributed by atoms with Gasteiger partial charge in [-0.25, -0.2) is 0 Å². The normalized spacial score (nSPS) is 11.3. The zero-order chi connectivity index (χ0) is 20.1. The number of ether oxygens (including phenoxy) is 1. The number of methoxy groups -OCH3 is 1. The minimum absolute atomic E-state index is 0.0364. The van der Waals surface area contributed by atoms with Gasteiger partial charge in [-0.2, -0.15) is 13.2 Å². The molecule has 0 spiro atoms. The molecule has 28 heavy (non-hydrogen) atoms. The molecule has 1 heterocycles. The standard InChI is InChI=1S/C18H14F3N3O3S/c1-26-14-8-2-11(3-9-14)16-23-24-17(27-16)28-10-15(25)22-13-6-4-12(5-7-13)18(19,20)21/h2-9H,10H2,1H3,(H,22,25). The monoisotopic (exact) mass is 409 g/mol. The number of benzene rings is 2. The smallest absolute Gasteiger partial charge is 0.416 e. The van der Waals surface area contributed by atoms with E-state index in [2.05, 4.69) is 15.5 Å². The number of thioether (sulfide) groups is 1. The first-order chi connectivity index (χ1) is 13.3. The second-order valence-electron chi connectivity index (χ2n) is 5.51. The summed E-state index contributed by atoms with van der Waals surface area (Å²) < 4.78 is 48.2. The summed E-state index contributed by atoms with van der Waals surface area (Å²) in [6.45, 7) is 0. The van der Waals surface area contributed by atoms with Crippen molar-refractivity contribution in [3.8, 4) is 17.2 Å². The highest BCUT2D eigenvalue weighted by molar-refractivity contribution is 7.99. The average Bonchev–Trinajstić information content (AvgIpc) is 3.15. The van der Waals surface area contributed by atoms with Crippen LogP contribution in [0.3, 0.4) is 0 Å². The van der Waals surface area contributed by atoms with E-state index in [0.29, 0.717) is 17.2 Å². The van der Waals surface area contributed by atoms with Crippen LogP contribution in [0.5, 0.6) is 5.75 Å². The predicted octanol–water partition coefficient (Wildman–Crippen LogP) is 4.49. The van der Waals surface area contributed by atoms with E-state index in [1.54, 1.807) is 31.4 Å². The van der Waals surface area contributed by atoms with E-state index in [1.165, 1.54) is 12.1 Å². The number of carbonyl (C=O) groups is 1. The minimum atomic E-state index is -4.42. The molecule has 10 heteroatoms. The fraction of sp³-hybridized carbons (Fsp3) is 0.167. The Hall–Kier alpha value is -3.01. The van der Waals surface area contributed by atoms with Gasteiger partial charge < -0.3 is 14.5 Å². The first-order valence-corrected chi connectivity index (χ1v) is 8.91. The van der Waals surface area contributed by atoms with Gasteiger partial charge in [-0.3, -0.25) is 4.79 Å². The Bertz CT molecular complexity index is 941. The molecule has 2 aromatic carbocycles. The maximum Gasteiger partial charge on any atom is 0.416 e. The van der Waals surface area contributed by atoms with Crippen molar-refractivity contribution in [3.63, 3.8) is 0 Å². The third-order valence-corrected chi connectivity index (χ3v) is 4.38. The lowest BCUT2D eigenvalue weighted by Crippen LogP contribution is -2.14. The van der Waals surface area contributed by atoms with Crippen LogP contribution < -0.4 is 10.1 Å². The number of carbonyl (C=O) groups excluding carboxylic acids is 1. The van der Waals surface area contributed by atoms with Crippen LogP contribution in [0.2, 0.25) is 0 Å². The van der Waals surface area contributed by atoms with Gasteiger partial charge in [0.1, 0.15) is 5.75 Å². The summed E-state index contributed by atoms with van der Waals surface area (Å²) >= 11 is 1.02. The van der Waals surface area contributed by atoms with Gasteiger partial charge in [0.25, 0.3) is 5.22 Å². The Morgan fingerprint density at radius 3 is 2.39 bits per heavy atom. The van der Waals surface area contributed by atoms with Crippen molar-refractivity contribution >= 4 is 23.4 Å². The van der Waals surface area contributed by atoms with E-state index >= 15 is 0 Å². The topological polar surface area (TPSA) is 77.2 Å². The Labute approximate surface area is 162 Å². The van der Waals surface area contributed by atoms with Crippen LogP contribution in [0.25, 0.3) is 11.5 Å². The van der Waals surface area contributed by atoms with E-state index in [9.17, 15) is 18.0 Å². The molecule has 1 aromatic heterocycles. The summed E-state index contributed by atoms with van der Waals surface area (Å²) in [5, 5.41) is 10.5. The van der Waals surface area contributed by atoms with Crippen molar-refractivity contribution in [1.82, 2.24) is 10.2 Å². The fourth-order valence-electron chi connectivity index (χ4n) is 2.19. The highest BCUT2D eigenvalue weighted by Crippen LogP contribution is 2.30. The Morgan fingerprint density at radius 2 is 1.79 bits per heavy atom. The van der Waals surface area contributed by atoms with Gasteiger partial charge in [-0.15, -0.1) is 10.2 Å². The Balaban J connectivity index is 1.54. The second kappa shape index (κ2) is 8.34. The van der Waals surface area contributed by atoms with Gasteiger partial charge in [0, 0.05) is 11.3 Å². The molecule has 0 aliphatic carbocycles. The number of rotatable bonds is 6. The highest BCUT2D eigenvalue weighted by Gasteiger charge is 2.30. The van der Waals surface area contributed by atoms with E-state index in [4.69, 9.17) is 9.15 Å². The van der Waals surface area contributed by atoms with Gasteiger partial charge in [0.05, 0.1) is 18.4 Å². The first-order valence-electron chi connectivity index (χ1n) is 7.93. The molecule has 0 aliphatic heterocycles. The third-order valence-electron chi connectivity index (χ3n) is 3.57. The van der Waals surface area contributed by atoms with E-state index in [1.807, 2.05) is 0 Å². The molecular formula is C18H14F3N3O3S. The average molecular weight is 409 g/mol.